The Bertz CT molecular complexity index is 1940. The van der Waals surface area contributed by atoms with E-state index in [-0.39, 0.29) is 30.8 Å². The molecule has 18 heteroatoms. The minimum atomic E-state index is -1.48. The summed E-state index contributed by atoms with van der Waals surface area (Å²) in [6.07, 6.45) is 13.3. The summed E-state index contributed by atoms with van der Waals surface area (Å²) < 4.78 is 8.67. The summed E-state index contributed by atoms with van der Waals surface area (Å²) in [7, 11) is 0. The summed E-state index contributed by atoms with van der Waals surface area (Å²) >= 11 is 8.15. The number of carbonyl (C=O) groups is 5. The van der Waals surface area contributed by atoms with Gasteiger partial charge in [-0.15, -0.1) is 0 Å². The number of nitrogens with two attached hydrogens (primary N) is 1. The monoisotopic (exact) mass is 1320 g/mol. The Kier molecular flexibility index (Phi) is 25.2. The normalized spacial score (nSPS) is 13.0. The Balaban J connectivity index is 1.68. The van der Waals surface area contributed by atoms with Crippen molar-refractivity contribution in [2.75, 3.05) is 0 Å². The summed E-state index contributed by atoms with van der Waals surface area (Å²) in [6, 6.07) is 7.75. The zero-order valence-corrected chi connectivity index (χ0v) is 43.9. The number of rotatable bonds is 29. The number of benzene rings is 3. The largest absolute Gasteiger partial charge is 0.508 e. The summed E-state index contributed by atoms with van der Waals surface area (Å²) in [5.41, 5.74) is 7.42. The van der Waals surface area contributed by atoms with E-state index in [1.54, 1.807) is 36.4 Å². The van der Waals surface area contributed by atoms with Crippen LogP contribution in [0, 0.1) is 14.3 Å². The summed E-state index contributed by atoms with van der Waals surface area (Å²) in [5, 5.41) is 47.4. The maximum atomic E-state index is 13.9. The van der Waals surface area contributed by atoms with Crippen molar-refractivity contribution in [3.8, 4) is 23.0 Å². The van der Waals surface area contributed by atoms with Crippen molar-refractivity contribution in [2.24, 2.45) is 5.73 Å². The molecule has 0 saturated carbocycles. The molecule has 0 aliphatic rings. The molecule has 3 aromatic carbocycles. The third kappa shape index (κ3) is 20.1. The highest BCUT2D eigenvalue weighted by Crippen LogP contribution is 2.37. The van der Waals surface area contributed by atoms with Crippen molar-refractivity contribution in [3.63, 3.8) is 0 Å². The second kappa shape index (κ2) is 29.0. The van der Waals surface area contributed by atoms with Crippen LogP contribution in [-0.2, 0) is 36.8 Å². The van der Waals surface area contributed by atoms with Crippen LogP contribution in [-0.4, -0.2) is 74.3 Å². The number of halogens is 4. The molecule has 0 bridgehead atoms. The van der Waals surface area contributed by atoms with Crippen LogP contribution in [0.2, 0.25) is 0 Å². The molecule has 0 aliphatic heterocycles. The molecule has 0 heterocycles. The van der Waals surface area contributed by atoms with Crippen molar-refractivity contribution >= 4 is 120 Å². The number of aliphatic carboxylic acids is 2. The Labute approximate surface area is 424 Å². The van der Waals surface area contributed by atoms with Gasteiger partial charge >= 0.3 is 11.9 Å². The molecule has 63 heavy (non-hydrogen) atoms. The number of amides is 3. The van der Waals surface area contributed by atoms with E-state index in [1.807, 2.05) is 45.2 Å². The fraction of sp³-hybridized carbons (Fsp3) is 0.489. The molecule has 346 valence electrons. The highest BCUT2D eigenvalue weighted by atomic mass is 127. The van der Waals surface area contributed by atoms with Crippen molar-refractivity contribution in [1.29, 1.82) is 0 Å². The van der Waals surface area contributed by atoms with Crippen LogP contribution >= 0.6 is 90.4 Å². The van der Waals surface area contributed by atoms with E-state index >= 15 is 0 Å². The average Bonchev–Trinajstić information content (AvgIpc) is 3.22. The van der Waals surface area contributed by atoms with Gasteiger partial charge in [-0.05, 0) is 151 Å². The van der Waals surface area contributed by atoms with Gasteiger partial charge in [0.15, 0.2) is 5.75 Å². The summed E-state index contributed by atoms with van der Waals surface area (Å²) in [6.45, 7) is 2.22. The lowest BCUT2D eigenvalue weighted by Crippen LogP contribution is -2.57. The molecule has 3 rings (SSSR count). The topological polar surface area (TPSA) is 238 Å². The molecule has 3 aromatic rings. The smallest absolute Gasteiger partial charge is 0.326 e. The SMILES string of the molecule is CCCCCCCCCCCCCCC(N)C(=O)N[C@@H](Cc1ccc(O)cc1)C(=O)N[C@@H](CCC(=O)O)C(=O)N[C@@H](Cc1cc(I)c(Oc2cc(I)c(O)c(I)c2)c(I)c1)C(=O)O. The minimum Gasteiger partial charge on any atom is -0.508 e. The van der Waals surface area contributed by atoms with Crippen LogP contribution in [0.15, 0.2) is 48.5 Å². The maximum Gasteiger partial charge on any atom is 0.326 e. The van der Waals surface area contributed by atoms with Crippen LogP contribution in [0.25, 0.3) is 0 Å². The molecule has 0 saturated heterocycles. The van der Waals surface area contributed by atoms with Gasteiger partial charge in [0.05, 0.1) is 20.3 Å². The number of carboxylic acid groups (broad SMARTS) is 2. The molecule has 0 spiro atoms. The van der Waals surface area contributed by atoms with Crippen LogP contribution in [0.3, 0.4) is 0 Å². The molecule has 3 amide bonds. The van der Waals surface area contributed by atoms with Crippen molar-refractivity contribution < 1.29 is 49.1 Å². The van der Waals surface area contributed by atoms with Gasteiger partial charge < -0.3 is 46.8 Å². The predicted octanol–water partition coefficient (Wildman–Crippen LogP) is 8.92. The molecule has 0 aliphatic carbocycles. The first-order valence-corrected chi connectivity index (χ1v) is 25.5. The first kappa shape index (κ1) is 54.6. The van der Waals surface area contributed by atoms with Crippen molar-refractivity contribution in [3.05, 3.63) is 73.9 Å². The Morgan fingerprint density at radius 2 is 1.08 bits per heavy atom. The number of carboxylic acids is 2. The van der Waals surface area contributed by atoms with Crippen molar-refractivity contribution in [1.82, 2.24) is 16.0 Å². The van der Waals surface area contributed by atoms with Gasteiger partial charge in [0.2, 0.25) is 17.7 Å². The quantitative estimate of drug-likeness (QED) is 0.0241. The van der Waals surface area contributed by atoms with Crippen LogP contribution in [0.4, 0.5) is 0 Å². The lowest BCUT2D eigenvalue weighted by atomic mass is 10.0. The first-order chi connectivity index (χ1) is 30.0. The number of unbranched alkanes of at least 4 members (excludes halogenated alkanes) is 11. The Morgan fingerprint density at radius 3 is 1.60 bits per heavy atom. The van der Waals surface area contributed by atoms with Gasteiger partial charge in [-0.1, -0.05) is 96.1 Å². The number of ether oxygens (including phenoxy) is 1. The number of phenols is 2. The number of nitrogens with one attached hydrogen (secondary N) is 3. The molecule has 0 aromatic heterocycles. The molecule has 14 nitrogen and oxygen atoms in total. The molecule has 0 fully saturated rings. The molecular formula is C45H58I4N4O10. The van der Waals surface area contributed by atoms with Crippen LogP contribution < -0.4 is 26.4 Å². The standard InChI is InChI=1S/C45H58I4N4O10/c1-2-3-4-5-6-7-8-9-10-11-12-13-14-35(50)42(58)52-37(23-27-15-17-29(54)18-16-27)44(60)51-36(19-20-39(55)56)43(59)53-38(45(61)62)24-28-21-33(48)41(34(49)22-28)63-30-25-31(46)40(57)32(47)26-30/h15-18,21-22,25-26,35-38,54,57H,2-14,19-20,23-24,50H2,1H3,(H,51,60)(H,52,58)(H,53,59)(H,55,56)(H,61,62)/t35?,36-,37-,38-/m0/s1. The zero-order chi connectivity index (χ0) is 46.5. The second-order valence-corrected chi connectivity index (χ2v) is 20.2. The fourth-order valence-electron chi connectivity index (χ4n) is 6.76. The summed E-state index contributed by atoms with van der Waals surface area (Å²) in [5.74, 6) is -3.72. The van der Waals surface area contributed by atoms with Gasteiger partial charge in [-0.2, -0.15) is 0 Å². The third-order valence-electron chi connectivity index (χ3n) is 10.3. The molecule has 1 unspecified atom stereocenters. The lowest BCUT2D eigenvalue weighted by Gasteiger charge is -2.25. The van der Waals surface area contributed by atoms with Crippen LogP contribution in [0.1, 0.15) is 114 Å². The van der Waals surface area contributed by atoms with E-state index < -0.39 is 60.2 Å². The number of hydrogen-bond donors (Lipinski definition) is 8. The number of carbonyl (C=O) groups excluding carboxylic acids is 3. The second-order valence-electron chi connectivity index (χ2n) is 15.5. The van der Waals surface area contributed by atoms with Gasteiger partial charge in [0.25, 0.3) is 0 Å². The molecule has 9 N–H and O–H groups in total. The van der Waals surface area contributed by atoms with Gasteiger partial charge in [-0.25, -0.2) is 4.79 Å². The first-order valence-electron chi connectivity index (χ1n) is 21.2. The van der Waals surface area contributed by atoms with E-state index in [1.165, 1.54) is 63.5 Å². The Morgan fingerprint density at radius 1 is 0.603 bits per heavy atom. The lowest BCUT2D eigenvalue weighted by molar-refractivity contribution is -0.143. The predicted molar refractivity (Wildman–Crippen MR) is 275 cm³/mol. The highest BCUT2D eigenvalue weighted by molar-refractivity contribution is 14.1. The van der Waals surface area contributed by atoms with Gasteiger partial charge in [0.1, 0.15) is 35.4 Å². The maximum absolute atomic E-state index is 13.9. The highest BCUT2D eigenvalue weighted by Gasteiger charge is 2.31. The average molecular weight is 1320 g/mol. The number of aromatic hydroxyl groups is 2. The molecular weight excluding hydrogens is 1260 g/mol. The van der Waals surface area contributed by atoms with E-state index in [0.717, 1.165) is 25.7 Å². The zero-order valence-electron chi connectivity index (χ0n) is 35.3. The molecule has 4 atom stereocenters. The number of hydrogen-bond acceptors (Lipinski definition) is 9. The minimum absolute atomic E-state index is 0.000926. The van der Waals surface area contributed by atoms with Crippen LogP contribution in [0.5, 0.6) is 23.0 Å². The van der Waals surface area contributed by atoms with E-state index in [0.29, 0.717) is 43.3 Å². The van der Waals surface area contributed by atoms with Gasteiger partial charge in [0, 0.05) is 19.3 Å². The van der Waals surface area contributed by atoms with Gasteiger partial charge in [-0.3, -0.25) is 19.2 Å². The molecule has 0 radical (unpaired) electrons. The third-order valence-corrected chi connectivity index (χ3v) is 13.6. The number of phenolic OH excluding ortho intramolecular Hbond substituents is 2. The fourth-order valence-corrected chi connectivity index (χ4v) is 10.6. The van der Waals surface area contributed by atoms with E-state index in [9.17, 15) is 44.4 Å². The van der Waals surface area contributed by atoms with Crippen molar-refractivity contribution in [2.45, 2.75) is 140 Å². The summed E-state index contributed by atoms with van der Waals surface area (Å²) in [4.78, 5) is 65.2. The van der Waals surface area contributed by atoms with E-state index in [4.69, 9.17) is 10.5 Å². The van der Waals surface area contributed by atoms with E-state index in [2.05, 4.69) is 68.1 Å². The Hall–Kier alpha value is -2.71.